The Balaban J connectivity index is 2.54. The molecule has 0 fully saturated rings. The van der Waals surface area contributed by atoms with Gasteiger partial charge in [-0.25, -0.2) is 4.98 Å². The van der Waals surface area contributed by atoms with Crippen LogP contribution in [0.25, 0.3) is 10.7 Å². The Morgan fingerprint density at radius 3 is 2.92 bits per heavy atom. The third kappa shape index (κ3) is 1.28. The number of nitrogens with one attached hydrogen (secondary N) is 1. The summed E-state index contributed by atoms with van der Waals surface area (Å²) in [6, 6.07) is 2.12. The fourth-order valence-corrected chi connectivity index (χ4v) is 2.55. The van der Waals surface area contributed by atoms with Crippen LogP contribution in [0.4, 0.5) is 0 Å². The minimum atomic E-state index is 0.853. The minimum absolute atomic E-state index is 0.853. The lowest BCUT2D eigenvalue weighted by atomic mass is 10.3. The molecule has 0 saturated carbocycles. The zero-order valence-corrected chi connectivity index (χ0v) is 8.51. The van der Waals surface area contributed by atoms with E-state index in [0.29, 0.717) is 0 Å². The molecule has 2 rings (SSSR count). The van der Waals surface area contributed by atoms with E-state index >= 15 is 0 Å². The molecule has 1 N–H and O–H groups in total. The van der Waals surface area contributed by atoms with Gasteiger partial charge in [-0.15, -0.1) is 11.3 Å². The number of hydrogen-bond donors (Lipinski definition) is 1. The maximum absolute atomic E-state index is 4.10. The molecule has 0 aliphatic carbocycles. The quantitative estimate of drug-likeness (QED) is 0.701. The van der Waals surface area contributed by atoms with E-state index in [1.807, 2.05) is 0 Å². The molecule has 0 aliphatic heterocycles. The summed E-state index contributed by atoms with van der Waals surface area (Å²) in [5, 5.41) is 6.66. The third-order valence-corrected chi connectivity index (χ3v) is 3.16. The van der Waals surface area contributed by atoms with Crippen molar-refractivity contribution in [2.24, 2.45) is 0 Å². The van der Waals surface area contributed by atoms with Gasteiger partial charge in [0.2, 0.25) is 0 Å². The largest absolute Gasteiger partial charge is 0.259 e. The Morgan fingerprint density at radius 2 is 2.42 bits per heavy atom. The smallest absolute Gasteiger partial charge is 0.165 e. The second-order valence-corrected chi connectivity index (χ2v) is 4.62. The van der Waals surface area contributed by atoms with E-state index in [4.69, 9.17) is 0 Å². The summed E-state index contributed by atoms with van der Waals surface area (Å²) < 4.78 is 1.22. The fourth-order valence-electron chi connectivity index (χ4n) is 1.06. The van der Waals surface area contributed by atoms with Crippen molar-refractivity contribution in [3.05, 3.63) is 18.0 Å². The molecule has 3 nitrogen and oxygen atoms in total. The Bertz CT molecular complexity index is 379. The number of nitrogens with zero attached hydrogens (tertiary/aromatic N) is 2. The number of thiophene rings is 1. The van der Waals surface area contributed by atoms with Crippen LogP contribution < -0.4 is 4.62 Å². The molecule has 2 aromatic rings. The second kappa shape index (κ2) is 2.96. The maximum Gasteiger partial charge on any atom is 0.165 e. The van der Waals surface area contributed by atoms with E-state index in [1.54, 1.807) is 11.3 Å². The second-order valence-electron chi connectivity index (χ2n) is 2.49. The van der Waals surface area contributed by atoms with Crippen LogP contribution in [0.3, 0.4) is 0 Å². The molecular formula is C7H8N3PS. The predicted molar refractivity (Wildman–Crippen MR) is 53.8 cm³/mol. The number of H-pyrrole nitrogens is 1. The monoisotopic (exact) mass is 197 g/mol. The molecule has 62 valence electrons. The van der Waals surface area contributed by atoms with Crippen LogP contribution in [0.2, 0.25) is 0 Å². The van der Waals surface area contributed by atoms with Crippen molar-refractivity contribution >= 4 is 25.2 Å². The summed E-state index contributed by atoms with van der Waals surface area (Å²) in [6.45, 7) is 2.07. The normalized spacial score (nSPS) is 10.5. The zero-order chi connectivity index (χ0) is 8.55. The Labute approximate surface area is 76.4 Å². The van der Waals surface area contributed by atoms with Gasteiger partial charge in [-0.1, -0.05) is 9.24 Å². The van der Waals surface area contributed by atoms with Crippen molar-refractivity contribution in [2.45, 2.75) is 6.92 Å². The van der Waals surface area contributed by atoms with Gasteiger partial charge in [0, 0.05) is 4.62 Å². The molecule has 0 aromatic carbocycles. The lowest BCUT2D eigenvalue weighted by Crippen LogP contribution is -1.77. The van der Waals surface area contributed by atoms with Gasteiger partial charge in [-0.3, -0.25) is 5.10 Å². The molecule has 2 heterocycles. The number of hydrogen-bond acceptors (Lipinski definition) is 3. The van der Waals surface area contributed by atoms with Crippen molar-refractivity contribution in [1.82, 2.24) is 15.2 Å². The van der Waals surface area contributed by atoms with E-state index in [9.17, 15) is 0 Å². The van der Waals surface area contributed by atoms with Crippen LogP contribution in [0.15, 0.2) is 12.4 Å². The topological polar surface area (TPSA) is 41.6 Å². The first kappa shape index (κ1) is 7.90. The zero-order valence-electron chi connectivity index (χ0n) is 6.53. The first-order valence-electron chi connectivity index (χ1n) is 3.49. The highest BCUT2D eigenvalue weighted by molar-refractivity contribution is 7.44. The van der Waals surface area contributed by atoms with Gasteiger partial charge >= 0.3 is 0 Å². The molecule has 2 aromatic heterocycles. The summed E-state index contributed by atoms with van der Waals surface area (Å²) in [6.07, 6.45) is 1.52. The first-order valence-corrected chi connectivity index (χ1v) is 4.88. The van der Waals surface area contributed by atoms with Gasteiger partial charge in [-0.05, 0) is 18.6 Å². The Morgan fingerprint density at radius 1 is 1.58 bits per heavy atom. The maximum atomic E-state index is 4.10. The van der Waals surface area contributed by atoms with Crippen molar-refractivity contribution in [3.8, 4) is 10.7 Å². The van der Waals surface area contributed by atoms with Gasteiger partial charge in [-0.2, -0.15) is 5.10 Å². The average molecular weight is 197 g/mol. The molecule has 0 saturated heterocycles. The van der Waals surface area contributed by atoms with Gasteiger partial charge in [0.1, 0.15) is 6.33 Å². The van der Waals surface area contributed by atoms with Crippen LogP contribution in [0.1, 0.15) is 5.56 Å². The van der Waals surface area contributed by atoms with Crippen molar-refractivity contribution in [3.63, 3.8) is 0 Å². The summed E-state index contributed by atoms with van der Waals surface area (Å²) in [7, 11) is 2.69. The minimum Gasteiger partial charge on any atom is -0.259 e. The fraction of sp³-hybridized carbons (Fsp3) is 0.143. The van der Waals surface area contributed by atoms with Crippen molar-refractivity contribution in [1.29, 1.82) is 0 Å². The summed E-state index contributed by atoms with van der Waals surface area (Å²) in [5.74, 6) is 0.853. The standard InChI is InChI=1S/C7H8N3PS/c1-4-2-5(11)12-6(4)7-8-3-9-10-7/h2-3H,11H2,1H3,(H,8,9,10). The van der Waals surface area contributed by atoms with E-state index in [-0.39, 0.29) is 0 Å². The molecule has 1 atom stereocenters. The number of aromatic nitrogens is 3. The molecule has 0 amide bonds. The van der Waals surface area contributed by atoms with Crippen molar-refractivity contribution < 1.29 is 0 Å². The number of rotatable bonds is 1. The molecule has 12 heavy (non-hydrogen) atoms. The molecule has 0 bridgehead atoms. The van der Waals surface area contributed by atoms with Crippen LogP contribution >= 0.6 is 20.6 Å². The Hall–Kier alpha value is -0.730. The van der Waals surface area contributed by atoms with Gasteiger partial charge in [0.05, 0.1) is 4.88 Å². The molecular weight excluding hydrogens is 189 g/mol. The van der Waals surface area contributed by atoms with Crippen LogP contribution in [0, 0.1) is 6.92 Å². The first-order chi connectivity index (χ1) is 5.77. The molecule has 0 aliphatic rings. The summed E-state index contributed by atoms with van der Waals surface area (Å²) >= 11 is 1.70. The molecule has 1 unspecified atom stereocenters. The summed E-state index contributed by atoms with van der Waals surface area (Å²) in [4.78, 5) is 5.26. The molecule has 5 heteroatoms. The lowest BCUT2D eigenvalue weighted by molar-refractivity contribution is 1.10. The van der Waals surface area contributed by atoms with E-state index in [1.165, 1.54) is 16.5 Å². The van der Waals surface area contributed by atoms with Crippen LogP contribution in [-0.2, 0) is 0 Å². The molecule has 0 radical (unpaired) electrons. The number of aromatic amines is 1. The third-order valence-electron chi connectivity index (χ3n) is 1.57. The van der Waals surface area contributed by atoms with Gasteiger partial charge in [0.25, 0.3) is 0 Å². The SMILES string of the molecule is Cc1cc(P)sc1-c1ncn[nH]1. The van der Waals surface area contributed by atoms with E-state index < -0.39 is 0 Å². The molecule has 0 spiro atoms. The highest BCUT2D eigenvalue weighted by Gasteiger charge is 2.07. The average Bonchev–Trinajstić information content (AvgIpc) is 2.58. The van der Waals surface area contributed by atoms with E-state index in [0.717, 1.165) is 10.7 Å². The van der Waals surface area contributed by atoms with Crippen molar-refractivity contribution in [2.75, 3.05) is 0 Å². The van der Waals surface area contributed by atoms with Gasteiger partial charge in [0.15, 0.2) is 5.82 Å². The lowest BCUT2D eigenvalue weighted by Gasteiger charge is -1.90. The Kier molecular flexibility index (Phi) is 1.95. The highest BCUT2D eigenvalue weighted by Crippen LogP contribution is 2.24. The van der Waals surface area contributed by atoms with Crippen LogP contribution in [0.5, 0.6) is 0 Å². The van der Waals surface area contributed by atoms with Crippen LogP contribution in [-0.4, -0.2) is 15.2 Å². The predicted octanol–water partition coefficient (Wildman–Crippen LogP) is 1.34. The summed E-state index contributed by atoms with van der Waals surface area (Å²) in [5.41, 5.74) is 1.24. The highest BCUT2D eigenvalue weighted by atomic mass is 32.1. The number of aryl methyl sites for hydroxylation is 1. The van der Waals surface area contributed by atoms with E-state index in [2.05, 4.69) is 37.4 Å². The van der Waals surface area contributed by atoms with Gasteiger partial charge < -0.3 is 0 Å².